The van der Waals surface area contributed by atoms with E-state index in [2.05, 4.69) is 0 Å². The van der Waals surface area contributed by atoms with E-state index in [9.17, 15) is 24.9 Å². The molecule has 0 heterocycles. The van der Waals surface area contributed by atoms with Crippen LogP contribution in [0.5, 0.6) is 5.75 Å². The Labute approximate surface area is 159 Å². The fraction of sp³-hybridized carbons (Fsp3) is 0.0769. The summed E-state index contributed by atoms with van der Waals surface area (Å²) in [7, 11) is 0. The first-order valence-corrected chi connectivity index (χ1v) is 5.11. The van der Waals surface area contributed by atoms with Gasteiger partial charge in [0, 0.05) is 16.5 Å². The number of aryl methyl sites for hydroxylation is 1. The van der Waals surface area contributed by atoms with E-state index in [0.29, 0.717) is 10.9 Å². The van der Waals surface area contributed by atoms with Crippen molar-refractivity contribution in [1.82, 2.24) is 0 Å². The summed E-state index contributed by atoms with van der Waals surface area (Å²) in [5.74, 6) is -3.26. The molecule has 7 heteroatoms. The molecule has 0 aromatic heterocycles. The van der Waals surface area contributed by atoms with Gasteiger partial charge in [-0.25, -0.2) is 0 Å². The Kier molecular flexibility index (Phi) is 7.24. The van der Waals surface area contributed by atoms with Crippen LogP contribution < -0.4 is 69.3 Å². The number of hydrogen-bond donors (Lipinski definition) is 1. The van der Waals surface area contributed by atoms with Crippen LogP contribution in [0.2, 0.25) is 0 Å². The molecule has 2 rings (SSSR count). The molecule has 0 aliphatic carbocycles. The number of rotatable bonds is 2. The first kappa shape index (κ1) is 19.4. The van der Waals surface area contributed by atoms with Gasteiger partial charge in [0.1, 0.15) is 5.75 Å². The molecule has 0 spiro atoms. The Bertz CT molecular complexity index is 682. The number of carbonyl (C=O) groups excluding carboxylic acids is 2. The summed E-state index contributed by atoms with van der Waals surface area (Å²) in [5.41, 5.74) is -0.208. The molecule has 0 radical (unpaired) electrons. The molecule has 5 nitrogen and oxygen atoms in total. The predicted molar refractivity (Wildman–Crippen MR) is 59.0 cm³/mol. The summed E-state index contributed by atoms with van der Waals surface area (Å²) in [6, 6.07) is 5.22. The molecule has 0 amide bonds. The van der Waals surface area contributed by atoms with Gasteiger partial charge >= 0.3 is 59.1 Å². The summed E-state index contributed by atoms with van der Waals surface area (Å²) in [6.07, 6.45) is 0. The number of phenolic OH excluding ortho intramolecular Hbond substituents is 1. The van der Waals surface area contributed by atoms with Crippen molar-refractivity contribution in [2.24, 2.45) is 0 Å². The third kappa shape index (κ3) is 3.36. The Hall–Kier alpha value is -0.560. The van der Waals surface area contributed by atoms with Crippen molar-refractivity contribution in [3.8, 4) is 5.75 Å². The SMILES string of the molecule is Cc1c(O)cc(C(=O)[O-])c2c(C(=O)[O-])cccc12.[Na+].[Na+]. The van der Waals surface area contributed by atoms with Crippen molar-refractivity contribution in [1.29, 1.82) is 0 Å². The van der Waals surface area contributed by atoms with Gasteiger partial charge in [0.15, 0.2) is 0 Å². The Morgan fingerprint density at radius 3 is 2.10 bits per heavy atom. The minimum atomic E-state index is -1.55. The number of fused-ring (bicyclic) bond motifs is 1. The average Bonchev–Trinajstić information content (AvgIpc) is 2.32. The maximum absolute atomic E-state index is 11.0. The third-order valence-corrected chi connectivity index (χ3v) is 2.84. The van der Waals surface area contributed by atoms with E-state index in [4.69, 9.17) is 0 Å². The summed E-state index contributed by atoms with van der Waals surface area (Å²) in [6.45, 7) is 1.57. The Balaban J connectivity index is 0.00000180. The summed E-state index contributed by atoms with van der Waals surface area (Å²) in [5, 5.41) is 32.0. The van der Waals surface area contributed by atoms with E-state index in [1.165, 1.54) is 18.2 Å². The molecule has 0 aliphatic rings. The van der Waals surface area contributed by atoms with Crippen LogP contribution in [0.1, 0.15) is 26.3 Å². The standard InChI is InChI=1S/C13H10O5.2Na/c1-6-7-3-2-4-8(12(15)16)11(7)9(13(17)18)5-10(6)14;;/h2-5,14H,1H3,(H,15,16)(H,17,18);;/q;2*+1/p-2. The summed E-state index contributed by atoms with van der Waals surface area (Å²) >= 11 is 0. The first-order valence-electron chi connectivity index (χ1n) is 5.11. The Morgan fingerprint density at radius 1 is 1.05 bits per heavy atom. The molecule has 1 N–H and O–H groups in total. The van der Waals surface area contributed by atoms with Gasteiger partial charge in [-0.05, 0) is 23.9 Å². The van der Waals surface area contributed by atoms with Gasteiger partial charge in [-0.3, -0.25) is 0 Å². The molecule has 0 bridgehead atoms. The fourth-order valence-electron chi connectivity index (χ4n) is 1.94. The van der Waals surface area contributed by atoms with Crippen LogP contribution in [0.3, 0.4) is 0 Å². The normalized spacial score (nSPS) is 9.45. The third-order valence-electron chi connectivity index (χ3n) is 2.84. The number of aromatic hydroxyl groups is 1. The second-order valence-electron chi connectivity index (χ2n) is 3.87. The number of phenols is 1. The summed E-state index contributed by atoms with van der Waals surface area (Å²) in [4.78, 5) is 22.0. The van der Waals surface area contributed by atoms with Crippen LogP contribution in [0.15, 0.2) is 24.3 Å². The fourth-order valence-corrected chi connectivity index (χ4v) is 1.94. The number of carboxylic acids is 2. The van der Waals surface area contributed by atoms with Crippen LogP contribution in [0.25, 0.3) is 10.8 Å². The monoisotopic (exact) mass is 290 g/mol. The molecule has 0 atom stereocenters. The predicted octanol–water partition coefficient (Wildman–Crippen LogP) is -6.41. The number of carbonyl (C=O) groups is 2. The number of hydrogen-bond acceptors (Lipinski definition) is 5. The topological polar surface area (TPSA) is 100 Å². The minimum absolute atomic E-state index is 0. The van der Waals surface area contributed by atoms with Crippen molar-refractivity contribution in [3.63, 3.8) is 0 Å². The van der Waals surface area contributed by atoms with E-state index < -0.39 is 11.9 Å². The first-order chi connectivity index (χ1) is 8.43. The Morgan fingerprint density at radius 2 is 1.60 bits per heavy atom. The van der Waals surface area contributed by atoms with E-state index >= 15 is 0 Å². The van der Waals surface area contributed by atoms with Gasteiger partial charge in [-0.1, -0.05) is 18.2 Å². The quantitative estimate of drug-likeness (QED) is 0.554. The number of benzene rings is 2. The van der Waals surface area contributed by atoms with Gasteiger partial charge in [-0.2, -0.15) is 0 Å². The molecule has 0 saturated carbocycles. The molecule has 92 valence electrons. The van der Waals surface area contributed by atoms with E-state index in [1.807, 2.05) is 0 Å². The van der Waals surface area contributed by atoms with Crippen LogP contribution in [-0.4, -0.2) is 17.0 Å². The molecular weight excluding hydrogens is 282 g/mol. The van der Waals surface area contributed by atoms with Gasteiger partial charge < -0.3 is 24.9 Å². The molecular formula is C13H8Na2O5. The molecule has 0 saturated heterocycles. The van der Waals surface area contributed by atoms with E-state index in [1.54, 1.807) is 6.92 Å². The summed E-state index contributed by atoms with van der Waals surface area (Å²) < 4.78 is 0. The zero-order valence-electron chi connectivity index (χ0n) is 11.4. The van der Waals surface area contributed by atoms with Crippen molar-refractivity contribution in [2.45, 2.75) is 6.92 Å². The zero-order chi connectivity index (χ0) is 13.4. The smallest absolute Gasteiger partial charge is 0.545 e. The van der Waals surface area contributed by atoms with Crippen LogP contribution in [0, 0.1) is 6.92 Å². The number of carboxylic acid groups (broad SMARTS) is 2. The average molecular weight is 290 g/mol. The molecule has 2 aromatic carbocycles. The maximum atomic E-state index is 11.0. The minimum Gasteiger partial charge on any atom is -0.545 e. The molecule has 0 unspecified atom stereocenters. The second-order valence-corrected chi connectivity index (χ2v) is 3.87. The van der Waals surface area contributed by atoms with Gasteiger partial charge in [0.25, 0.3) is 0 Å². The van der Waals surface area contributed by atoms with E-state index in [-0.39, 0.29) is 81.4 Å². The van der Waals surface area contributed by atoms with E-state index in [0.717, 1.165) is 6.07 Å². The molecule has 0 aliphatic heterocycles. The van der Waals surface area contributed by atoms with Gasteiger partial charge in [0.05, 0.1) is 11.9 Å². The molecule has 2 aromatic rings. The zero-order valence-corrected chi connectivity index (χ0v) is 15.4. The maximum Gasteiger partial charge on any atom is 1.00 e. The van der Waals surface area contributed by atoms with Crippen molar-refractivity contribution >= 4 is 22.7 Å². The molecule has 20 heavy (non-hydrogen) atoms. The van der Waals surface area contributed by atoms with Crippen LogP contribution in [0.4, 0.5) is 0 Å². The largest absolute Gasteiger partial charge is 1.00 e. The van der Waals surface area contributed by atoms with Crippen molar-refractivity contribution in [2.75, 3.05) is 0 Å². The molecule has 0 fully saturated rings. The van der Waals surface area contributed by atoms with Crippen molar-refractivity contribution in [3.05, 3.63) is 41.0 Å². The van der Waals surface area contributed by atoms with Crippen LogP contribution >= 0.6 is 0 Å². The second kappa shape index (κ2) is 7.45. The van der Waals surface area contributed by atoms with Gasteiger partial charge in [0.2, 0.25) is 0 Å². The van der Waals surface area contributed by atoms with Crippen LogP contribution in [-0.2, 0) is 0 Å². The van der Waals surface area contributed by atoms with Gasteiger partial charge in [-0.15, -0.1) is 0 Å². The van der Waals surface area contributed by atoms with Crippen molar-refractivity contribution < 1.29 is 84.0 Å². The number of aromatic carboxylic acids is 2.